The number of alkyl halides is 3. The van der Waals surface area contributed by atoms with Crippen molar-refractivity contribution in [1.82, 2.24) is 19.7 Å². The largest absolute Gasteiger partial charge is 0.479 e. The highest BCUT2D eigenvalue weighted by Gasteiger charge is 2.30. The van der Waals surface area contributed by atoms with Gasteiger partial charge in [0.15, 0.2) is 6.10 Å². The first-order valence-electron chi connectivity index (χ1n) is 16.0. The molecule has 0 bridgehead atoms. The van der Waals surface area contributed by atoms with E-state index in [2.05, 4.69) is 9.80 Å². The number of hydrogen-bond donors (Lipinski definition) is 0. The van der Waals surface area contributed by atoms with Gasteiger partial charge in [-0.3, -0.25) is 14.6 Å². The number of ether oxygens (including phenoxy) is 2. The fourth-order valence-corrected chi connectivity index (χ4v) is 7.78. The van der Waals surface area contributed by atoms with Gasteiger partial charge in [0.05, 0.1) is 24.4 Å². The Morgan fingerprint density at radius 3 is 2.32 bits per heavy atom. The topological polar surface area (TPSA) is 75.2 Å². The minimum atomic E-state index is -4.40. The lowest BCUT2D eigenvalue weighted by Crippen LogP contribution is -2.49. The van der Waals surface area contributed by atoms with Gasteiger partial charge in [-0.15, -0.1) is 23.1 Å². The smallest absolute Gasteiger partial charge is 0.416 e. The molecule has 0 radical (unpaired) electrons. The van der Waals surface area contributed by atoms with Crippen molar-refractivity contribution < 1.29 is 32.2 Å². The maximum atomic E-state index is 13.2. The summed E-state index contributed by atoms with van der Waals surface area (Å²) >= 11 is 3.15. The van der Waals surface area contributed by atoms with Crippen molar-refractivity contribution in [2.24, 2.45) is 0 Å². The number of thiazole rings is 1. The molecule has 2 aliphatic heterocycles. The summed E-state index contributed by atoms with van der Waals surface area (Å²) < 4.78 is 50.5. The van der Waals surface area contributed by atoms with Gasteiger partial charge in [0.25, 0.3) is 0 Å². The van der Waals surface area contributed by atoms with E-state index in [9.17, 15) is 22.8 Å². The number of piperazine rings is 1. The van der Waals surface area contributed by atoms with Gasteiger partial charge < -0.3 is 14.4 Å². The van der Waals surface area contributed by atoms with Crippen LogP contribution in [0.4, 0.5) is 13.2 Å². The van der Waals surface area contributed by atoms with Crippen molar-refractivity contribution in [2.75, 3.05) is 52.4 Å². The first kappa shape index (κ1) is 35.2. The number of benzene rings is 2. The Kier molecular flexibility index (Phi) is 11.9. The third-order valence-corrected chi connectivity index (χ3v) is 10.7. The molecule has 5 rings (SSSR count). The number of aromatic nitrogens is 1. The molecule has 2 saturated heterocycles. The van der Waals surface area contributed by atoms with Gasteiger partial charge in [0, 0.05) is 66.9 Å². The molecule has 2 fully saturated rings. The summed E-state index contributed by atoms with van der Waals surface area (Å²) in [6.07, 6.45) is -2.95. The minimum Gasteiger partial charge on any atom is -0.479 e. The predicted octanol–water partition coefficient (Wildman–Crippen LogP) is 6.50. The summed E-state index contributed by atoms with van der Waals surface area (Å²) in [6.45, 7) is 11.6. The Labute approximate surface area is 282 Å². The van der Waals surface area contributed by atoms with E-state index in [1.165, 1.54) is 23.5 Å². The molecule has 2 aromatic carbocycles. The number of carbonyl (C=O) groups excluding carboxylic acids is 2. The van der Waals surface area contributed by atoms with Crippen molar-refractivity contribution in [3.8, 4) is 16.3 Å². The lowest BCUT2D eigenvalue weighted by molar-refractivity contribution is -0.150. The van der Waals surface area contributed by atoms with Crippen LogP contribution in [0.15, 0.2) is 47.4 Å². The Morgan fingerprint density at radius 1 is 1.00 bits per heavy atom. The highest BCUT2D eigenvalue weighted by Crippen LogP contribution is 2.36. The molecular formula is C34H41F3N4O4S2. The van der Waals surface area contributed by atoms with E-state index in [-0.39, 0.29) is 12.5 Å². The second-order valence-electron chi connectivity index (χ2n) is 11.8. The van der Waals surface area contributed by atoms with Crippen molar-refractivity contribution in [1.29, 1.82) is 0 Å². The average Bonchev–Trinajstić information content (AvgIpc) is 3.73. The summed E-state index contributed by atoms with van der Waals surface area (Å²) in [5.41, 5.74) is 1.77. The number of carbonyl (C=O) groups is 2. The van der Waals surface area contributed by atoms with Crippen LogP contribution in [0.25, 0.3) is 10.6 Å². The second-order valence-corrected chi connectivity index (χ2v) is 14.0. The molecule has 8 nitrogen and oxygen atoms in total. The number of nitrogens with zero attached hydrogens (tertiary/aromatic N) is 4. The maximum absolute atomic E-state index is 13.2. The van der Waals surface area contributed by atoms with Gasteiger partial charge in [-0.1, -0.05) is 12.1 Å². The SMILES string of the molecule is CCOC(=O)C(C)Oc1ccc(SCc2sc(-c3ccc(C(F)(F)F)cc3)nc2CN2CCN(CC(=O)N3CCCC3)CC2)cc1C. The van der Waals surface area contributed by atoms with Crippen molar-refractivity contribution >= 4 is 35.0 Å². The quantitative estimate of drug-likeness (QED) is 0.158. The van der Waals surface area contributed by atoms with E-state index in [1.807, 2.05) is 30.0 Å². The van der Waals surface area contributed by atoms with Crippen LogP contribution in [0, 0.1) is 6.92 Å². The van der Waals surface area contributed by atoms with E-state index in [1.54, 1.807) is 25.6 Å². The molecular weight excluding hydrogens is 650 g/mol. The summed E-state index contributed by atoms with van der Waals surface area (Å²) in [4.78, 5) is 38.2. The van der Waals surface area contributed by atoms with Crippen molar-refractivity contribution in [2.45, 2.75) is 63.1 Å². The van der Waals surface area contributed by atoms with Crippen LogP contribution < -0.4 is 4.74 Å². The lowest BCUT2D eigenvalue weighted by Gasteiger charge is -2.34. The third kappa shape index (κ3) is 9.49. The predicted molar refractivity (Wildman–Crippen MR) is 178 cm³/mol. The van der Waals surface area contributed by atoms with Crippen LogP contribution in [0.5, 0.6) is 5.75 Å². The van der Waals surface area contributed by atoms with Crippen molar-refractivity contribution in [3.05, 3.63) is 64.2 Å². The Hall–Kier alpha value is -3.13. The molecule has 0 spiro atoms. The Bertz CT molecular complexity index is 1520. The van der Waals surface area contributed by atoms with E-state index in [0.29, 0.717) is 35.2 Å². The van der Waals surface area contributed by atoms with Gasteiger partial charge in [-0.05, 0) is 69.5 Å². The molecule has 2 aliphatic rings. The summed E-state index contributed by atoms with van der Waals surface area (Å²) in [5, 5.41) is 0.687. The number of amides is 1. The fraction of sp³-hybridized carbons (Fsp3) is 0.500. The first-order chi connectivity index (χ1) is 22.5. The number of rotatable bonds is 12. The highest BCUT2D eigenvalue weighted by atomic mass is 32.2. The molecule has 3 aromatic rings. The minimum absolute atomic E-state index is 0.208. The number of likely N-dealkylation sites (tertiary alicyclic amines) is 1. The van der Waals surface area contributed by atoms with Crippen LogP contribution in [-0.2, 0) is 32.8 Å². The zero-order valence-electron chi connectivity index (χ0n) is 27.0. The molecule has 0 N–H and O–H groups in total. The number of esters is 1. The Balaban J connectivity index is 1.26. The van der Waals surface area contributed by atoms with Gasteiger partial charge in [0.1, 0.15) is 10.8 Å². The third-order valence-electron chi connectivity index (χ3n) is 8.33. The molecule has 1 unspecified atom stereocenters. The zero-order chi connectivity index (χ0) is 33.6. The maximum Gasteiger partial charge on any atom is 0.416 e. The molecule has 1 atom stereocenters. The average molecular weight is 691 g/mol. The zero-order valence-corrected chi connectivity index (χ0v) is 28.6. The van der Waals surface area contributed by atoms with Crippen LogP contribution in [0.1, 0.15) is 48.4 Å². The molecule has 0 saturated carbocycles. The highest BCUT2D eigenvalue weighted by molar-refractivity contribution is 7.98. The molecule has 47 heavy (non-hydrogen) atoms. The molecule has 3 heterocycles. The number of aryl methyl sites for hydroxylation is 1. The first-order valence-corrected chi connectivity index (χ1v) is 17.8. The van der Waals surface area contributed by atoms with E-state index < -0.39 is 23.8 Å². The molecule has 13 heteroatoms. The molecule has 0 aliphatic carbocycles. The van der Waals surface area contributed by atoms with Gasteiger partial charge in [0.2, 0.25) is 5.91 Å². The molecule has 254 valence electrons. The van der Waals surface area contributed by atoms with E-state index in [0.717, 1.165) is 85.3 Å². The summed E-state index contributed by atoms with van der Waals surface area (Å²) in [6, 6.07) is 11.0. The van der Waals surface area contributed by atoms with Crippen LogP contribution in [-0.4, -0.2) is 90.1 Å². The fourth-order valence-electron chi connectivity index (χ4n) is 5.61. The number of halogens is 3. The number of thioether (sulfide) groups is 1. The monoisotopic (exact) mass is 690 g/mol. The Morgan fingerprint density at radius 2 is 1.68 bits per heavy atom. The van der Waals surface area contributed by atoms with E-state index in [4.69, 9.17) is 14.5 Å². The lowest BCUT2D eigenvalue weighted by atomic mass is 10.1. The van der Waals surface area contributed by atoms with Gasteiger partial charge in [-0.2, -0.15) is 13.2 Å². The van der Waals surface area contributed by atoms with Crippen molar-refractivity contribution in [3.63, 3.8) is 0 Å². The van der Waals surface area contributed by atoms with Gasteiger partial charge >= 0.3 is 12.1 Å². The van der Waals surface area contributed by atoms with Crippen LogP contribution >= 0.6 is 23.1 Å². The standard InChI is InChI=1S/C34H41F3N4O4S2/c1-4-44-33(43)24(3)45-29-12-11-27(19-23(29)2)46-22-30-28(38-32(47-30)25-7-9-26(10-8-25)34(35,36)37)20-39-15-17-40(18-16-39)21-31(42)41-13-5-6-14-41/h7-12,19,24H,4-6,13-18,20-22H2,1-3H3. The van der Waals surface area contributed by atoms with Crippen LogP contribution in [0.3, 0.4) is 0 Å². The second kappa shape index (κ2) is 15.8. The van der Waals surface area contributed by atoms with Gasteiger partial charge in [-0.25, -0.2) is 9.78 Å². The molecule has 1 amide bonds. The summed E-state index contributed by atoms with van der Waals surface area (Å²) in [5.74, 6) is 1.04. The summed E-state index contributed by atoms with van der Waals surface area (Å²) in [7, 11) is 0. The normalized spacial score (nSPS) is 16.8. The van der Waals surface area contributed by atoms with E-state index >= 15 is 0 Å². The van der Waals surface area contributed by atoms with Crippen LogP contribution in [0.2, 0.25) is 0 Å². The number of hydrogen-bond acceptors (Lipinski definition) is 9. The molecule has 1 aromatic heterocycles.